The Labute approximate surface area is 148 Å². The third-order valence-corrected chi connectivity index (χ3v) is 4.33. The number of hydrogen-bond acceptors (Lipinski definition) is 2. The number of fused-ring (bicyclic) bond motifs is 1. The molecule has 1 amide bonds. The minimum Gasteiger partial charge on any atom is -0.481 e. The predicted molar refractivity (Wildman–Crippen MR) is 101 cm³/mol. The predicted octanol–water partition coefficient (Wildman–Crippen LogP) is 4.05. The van der Waals surface area contributed by atoms with E-state index < -0.39 is 6.10 Å². The zero-order valence-corrected chi connectivity index (χ0v) is 15.0. The van der Waals surface area contributed by atoms with Crippen LogP contribution >= 0.6 is 0 Å². The average molecular weight is 336 g/mol. The van der Waals surface area contributed by atoms with E-state index in [-0.39, 0.29) is 5.91 Å². The van der Waals surface area contributed by atoms with Gasteiger partial charge in [-0.15, -0.1) is 0 Å². The van der Waals surface area contributed by atoms with Crippen molar-refractivity contribution in [1.29, 1.82) is 0 Å². The lowest BCUT2D eigenvalue weighted by Crippen LogP contribution is -2.36. The molecule has 0 saturated carbocycles. The fraction of sp³-hybridized carbons (Fsp3) is 0.286. The first-order chi connectivity index (χ1) is 12.1. The molecule has 0 saturated heterocycles. The van der Waals surface area contributed by atoms with Gasteiger partial charge >= 0.3 is 0 Å². The number of aromatic nitrogens is 1. The summed E-state index contributed by atoms with van der Waals surface area (Å²) in [6, 6.07) is 18.0. The van der Waals surface area contributed by atoms with Crippen LogP contribution in [0.4, 0.5) is 0 Å². The summed E-state index contributed by atoms with van der Waals surface area (Å²) in [5, 5.41) is 4.19. The third kappa shape index (κ3) is 3.85. The van der Waals surface area contributed by atoms with Gasteiger partial charge in [-0.25, -0.2) is 0 Å². The van der Waals surface area contributed by atoms with Gasteiger partial charge in [0.25, 0.3) is 5.91 Å². The van der Waals surface area contributed by atoms with Crippen molar-refractivity contribution in [3.8, 4) is 5.75 Å². The lowest BCUT2D eigenvalue weighted by molar-refractivity contribution is -0.127. The summed E-state index contributed by atoms with van der Waals surface area (Å²) in [7, 11) is 0. The van der Waals surface area contributed by atoms with Gasteiger partial charge in [-0.05, 0) is 51.1 Å². The van der Waals surface area contributed by atoms with Crippen molar-refractivity contribution in [2.45, 2.75) is 40.0 Å². The van der Waals surface area contributed by atoms with Crippen molar-refractivity contribution < 1.29 is 9.53 Å². The monoisotopic (exact) mass is 336 g/mol. The molecule has 0 aliphatic rings. The molecular formula is C21H24N2O2. The van der Waals surface area contributed by atoms with E-state index in [9.17, 15) is 4.79 Å². The van der Waals surface area contributed by atoms with E-state index in [1.54, 1.807) is 6.92 Å². The fourth-order valence-electron chi connectivity index (χ4n) is 3.05. The number of benzene rings is 2. The van der Waals surface area contributed by atoms with Crippen molar-refractivity contribution >= 4 is 16.8 Å². The average Bonchev–Trinajstić information content (AvgIpc) is 2.96. The number of ether oxygens (including phenoxy) is 1. The Morgan fingerprint density at radius 2 is 1.92 bits per heavy atom. The van der Waals surface area contributed by atoms with Gasteiger partial charge in [-0.3, -0.25) is 4.79 Å². The smallest absolute Gasteiger partial charge is 0.261 e. The number of para-hydroxylation sites is 1. The van der Waals surface area contributed by atoms with Crippen LogP contribution in [0.5, 0.6) is 5.75 Å². The summed E-state index contributed by atoms with van der Waals surface area (Å²) in [6.07, 6.45) is -0.538. The fourth-order valence-corrected chi connectivity index (χ4v) is 3.05. The molecule has 1 heterocycles. The quantitative estimate of drug-likeness (QED) is 0.738. The van der Waals surface area contributed by atoms with Crippen LogP contribution in [0.25, 0.3) is 10.9 Å². The van der Waals surface area contributed by atoms with Gasteiger partial charge in [-0.2, -0.15) is 0 Å². The molecule has 4 nitrogen and oxygen atoms in total. The van der Waals surface area contributed by atoms with Crippen molar-refractivity contribution in [2.75, 3.05) is 0 Å². The van der Waals surface area contributed by atoms with E-state index in [4.69, 9.17) is 4.74 Å². The summed E-state index contributed by atoms with van der Waals surface area (Å²) in [4.78, 5) is 12.3. The number of carbonyl (C=O) groups is 1. The summed E-state index contributed by atoms with van der Waals surface area (Å²) in [5.74, 6) is 0.580. The van der Waals surface area contributed by atoms with Crippen LogP contribution < -0.4 is 10.1 Å². The van der Waals surface area contributed by atoms with Crippen LogP contribution in [-0.2, 0) is 17.9 Å². The largest absolute Gasteiger partial charge is 0.481 e. The Morgan fingerprint density at radius 3 is 2.64 bits per heavy atom. The standard InChI is InChI=1S/C21H24N2O2/c1-4-23-18(13-17-12-15(2)10-11-20(17)23)14-22-21(24)16(3)25-19-8-6-5-7-9-19/h5-13,16H,4,14H2,1-3H3,(H,22,24)/t16-/m0/s1. The highest BCUT2D eigenvalue weighted by molar-refractivity contribution is 5.83. The van der Waals surface area contributed by atoms with Crippen LogP contribution in [0.3, 0.4) is 0 Å². The minimum atomic E-state index is -0.538. The molecule has 1 N–H and O–H groups in total. The second-order valence-corrected chi connectivity index (χ2v) is 6.23. The highest BCUT2D eigenvalue weighted by atomic mass is 16.5. The SMILES string of the molecule is CCn1c(CNC(=O)[C@H](C)Oc2ccccc2)cc2cc(C)ccc21. The van der Waals surface area contributed by atoms with Crippen molar-refractivity contribution in [3.05, 3.63) is 65.9 Å². The van der Waals surface area contributed by atoms with Crippen LogP contribution in [0, 0.1) is 6.92 Å². The van der Waals surface area contributed by atoms with Crippen molar-refractivity contribution in [3.63, 3.8) is 0 Å². The van der Waals surface area contributed by atoms with Gasteiger partial charge in [0.15, 0.2) is 6.10 Å². The number of carbonyl (C=O) groups excluding carboxylic acids is 1. The van der Waals surface area contributed by atoms with Crippen LogP contribution in [0.1, 0.15) is 25.1 Å². The molecule has 0 aliphatic heterocycles. The molecule has 0 aliphatic carbocycles. The first-order valence-electron chi connectivity index (χ1n) is 8.66. The van der Waals surface area contributed by atoms with Gasteiger partial charge in [0.05, 0.1) is 6.54 Å². The summed E-state index contributed by atoms with van der Waals surface area (Å²) in [5.41, 5.74) is 3.54. The number of nitrogens with one attached hydrogen (secondary N) is 1. The zero-order valence-electron chi connectivity index (χ0n) is 15.0. The number of nitrogens with zero attached hydrogens (tertiary/aromatic N) is 1. The van der Waals surface area contributed by atoms with E-state index in [1.165, 1.54) is 16.5 Å². The van der Waals surface area contributed by atoms with Gasteiger partial charge < -0.3 is 14.6 Å². The number of amides is 1. The summed E-state index contributed by atoms with van der Waals surface area (Å²) < 4.78 is 7.91. The van der Waals surface area contributed by atoms with E-state index in [1.807, 2.05) is 30.3 Å². The molecule has 130 valence electrons. The molecule has 1 atom stereocenters. The molecule has 0 bridgehead atoms. The second-order valence-electron chi connectivity index (χ2n) is 6.23. The van der Waals surface area contributed by atoms with E-state index in [0.29, 0.717) is 12.3 Å². The van der Waals surface area contributed by atoms with Gasteiger partial charge in [0, 0.05) is 23.1 Å². The molecule has 0 unspecified atom stereocenters. The lowest BCUT2D eigenvalue weighted by Gasteiger charge is -2.15. The van der Waals surface area contributed by atoms with E-state index in [2.05, 4.69) is 48.0 Å². The Kier molecular flexibility index (Phi) is 5.08. The molecule has 25 heavy (non-hydrogen) atoms. The van der Waals surface area contributed by atoms with Gasteiger partial charge in [-0.1, -0.05) is 29.8 Å². The van der Waals surface area contributed by atoms with Crippen molar-refractivity contribution in [2.24, 2.45) is 0 Å². The molecule has 0 spiro atoms. The first kappa shape index (κ1) is 17.1. The van der Waals surface area contributed by atoms with Crippen LogP contribution in [0.2, 0.25) is 0 Å². The third-order valence-electron chi connectivity index (χ3n) is 4.33. The van der Waals surface area contributed by atoms with Gasteiger partial charge in [0.1, 0.15) is 5.75 Å². The molecule has 4 heteroatoms. The molecule has 3 aromatic rings. The Morgan fingerprint density at radius 1 is 1.16 bits per heavy atom. The Balaban J connectivity index is 1.68. The van der Waals surface area contributed by atoms with E-state index in [0.717, 1.165) is 12.2 Å². The first-order valence-corrected chi connectivity index (χ1v) is 8.66. The molecule has 2 aromatic carbocycles. The number of hydrogen-bond donors (Lipinski definition) is 1. The molecule has 0 radical (unpaired) electrons. The lowest BCUT2D eigenvalue weighted by atomic mass is 10.2. The second kappa shape index (κ2) is 7.43. The van der Waals surface area contributed by atoms with Crippen LogP contribution in [-0.4, -0.2) is 16.6 Å². The van der Waals surface area contributed by atoms with Crippen molar-refractivity contribution in [1.82, 2.24) is 9.88 Å². The highest BCUT2D eigenvalue weighted by Gasteiger charge is 2.15. The van der Waals surface area contributed by atoms with Gasteiger partial charge in [0.2, 0.25) is 0 Å². The zero-order chi connectivity index (χ0) is 17.8. The maximum Gasteiger partial charge on any atom is 0.261 e. The topological polar surface area (TPSA) is 43.3 Å². The maximum atomic E-state index is 12.3. The minimum absolute atomic E-state index is 0.118. The van der Waals surface area contributed by atoms with E-state index >= 15 is 0 Å². The van der Waals surface area contributed by atoms with Crippen LogP contribution in [0.15, 0.2) is 54.6 Å². The molecule has 3 rings (SSSR count). The highest BCUT2D eigenvalue weighted by Crippen LogP contribution is 2.21. The Hall–Kier alpha value is -2.75. The Bertz CT molecular complexity index is 868. The molecule has 0 fully saturated rings. The summed E-state index contributed by atoms with van der Waals surface area (Å²) in [6.45, 7) is 7.33. The number of rotatable bonds is 6. The number of aryl methyl sites for hydroxylation is 2. The summed E-state index contributed by atoms with van der Waals surface area (Å²) >= 11 is 0. The maximum absolute atomic E-state index is 12.3. The molecule has 1 aromatic heterocycles. The normalized spacial score (nSPS) is 12.1. The molecular weight excluding hydrogens is 312 g/mol.